The molecule has 1 aliphatic carbocycles. The van der Waals surface area contributed by atoms with Gasteiger partial charge in [-0.15, -0.1) is 0 Å². The van der Waals surface area contributed by atoms with E-state index in [1.54, 1.807) is 12.0 Å². The molecule has 1 aliphatic heterocycles. The predicted molar refractivity (Wildman–Crippen MR) is 107 cm³/mol. The summed E-state index contributed by atoms with van der Waals surface area (Å²) in [5, 5.41) is 6.56. The van der Waals surface area contributed by atoms with Crippen molar-refractivity contribution in [1.82, 2.24) is 15.2 Å². The minimum Gasteiger partial charge on any atom is -0.497 e. The van der Waals surface area contributed by atoms with Crippen LogP contribution in [0.1, 0.15) is 35.4 Å². The molecule has 2 heterocycles. The van der Waals surface area contributed by atoms with Crippen molar-refractivity contribution in [3.05, 3.63) is 40.4 Å². The average molecular weight is 401 g/mol. The Bertz CT molecular complexity index is 861. The Morgan fingerprint density at radius 2 is 2.07 bits per heavy atom. The van der Waals surface area contributed by atoms with E-state index in [2.05, 4.69) is 15.6 Å². The van der Waals surface area contributed by atoms with Crippen molar-refractivity contribution in [2.24, 2.45) is 5.92 Å². The van der Waals surface area contributed by atoms with Crippen LogP contribution in [-0.4, -0.2) is 35.5 Å². The molecule has 1 saturated carbocycles. The molecule has 4 rings (SSSR count). The standard InChI is InChI=1S/C20H24N4O3S/c1-27-15-7-5-13(6-8-15)11-21-20(26)24-10-9-16-17(12-24)28-19(22-16)23-18(25)14-3-2-4-14/h5-8,14H,2-4,9-12H2,1H3,(H,21,26)(H,22,23,25). The summed E-state index contributed by atoms with van der Waals surface area (Å²) >= 11 is 1.48. The summed E-state index contributed by atoms with van der Waals surface area (Å²) < 4.78 is 5.15. The zero-order chi connectivity index (χ0) is 19.5. The minimum atomic E-state index is -0.0880. The van der Waals surface area contributed by atoms with Crippen LogP contribution in [0.3, 0.4) is 0 Å². The number of rotatable bonds is 5. The number of nitrogens with one attached hydrogen (secondary N) is 2. The highest BCUT2D eigenvalue weighted by molar-refractivity contribution is 7.15. The predicted octanol–water partition coefficient (Wildman–Crippen LogP) is 3.16. The van der Waals surface area contributed by atoms with Gasteiger partial charge >= 0.3 is 6.03 Å². The molecule has 2 aromatic rings. The summed E-state index contributed by atoms with van der Waals surface area (Å²) in [6.07, 6.45) is 3.78. The molecule has 7 nitrogen and oxygen atoms in total. The van der Waals surface area contributed by atoms with E-state index in [1.165, 1.54) is 11.3 Å². The molecule has 1 fully saturated rings. The van der Waals surface area contributed by atoms with E-state index >= 15 is 0 Å². The highest BCUT2D eigenvalue weighted by Crippen LogP contribution is 2.31. The number of ether oxygens (including phenoxy) is 1. The molecule has 3 amide bonds. The zero-order valence-electron chi connectivity index (χ0n) is 15.9. The Balaban J connectivity index is 1.31. The Kier molecular flexibility index (Phi) is 5.47. The van der Waals surface area contributed by atoms with E-state index in [1.807, 2.05) is 24.3 Å². The molecule has 0 saturated heterocycles. The van der Waals surface area contributed by atoms with Crippen LogP contribution >= 0.6 is 11.3 Å². The van der Waals surface area contributed by atoms with Gasteiger partial charge in [0, 0.05) is 30.3 Å². The number of carbonyl (C=O) groups is 2. The van der Waals surface area contributed by atoms with Gasteiger partial charge < -0.3 is 20.3 Å². The van der Waals surface area contributed by atoms with Gasteiger partial charge in [0.2, 0.25) is 5.91 Å². The molecule has 8 heteroatoms. The molecule has 148 valence electrons. The van der Waals surface area contributed by atoms with Crippen LogP contribution in [0, 0.1) is 5.92 Å². The fourth-order valence-corrected chi connectivity index (χ4v) is 4.36. The van der Waals surface area contributed by atoms with Crippen LogP contribution in [0.15, 0.2) is 24.3 Å². The third-order valence-electron chi connectivity index (χ3n) is 5.33. The summed E-state index contributed by atoms with van der Waals surface area (Å²) in [6, 6.07) is 7.55. The molecule has 0 radical (unpaired) electrons. The highest BCUT2D eigenvalue weighted by atomic mass is 32.1. The van der Waals surface area contributed by atoms with Crippen molar-refractivity contribution in [3.8, 4) is 5.75 Å². The van der Waals surface area contributed by atoms with E-state index in [9.17, 15) is 9.59 Å². The third-order valence-corrected chi connectivity index (χ3v) is 6.33. The Morgan fingerprint density at radius 1 is 1.29 bits per heavy atom. The average Bonchev–Trinajstić information content (AvgIpc) is 3.06. The fraction of sp³-hybridized carbons (Fsp3) is 0.450. The van der Waals surface area contributed by atoms with Crippen LogP contribution in [0.5, 0.6) is 5.75 Å². The van der Waals surface area contributed by atoms with Gasteiger partial charge in [-0.3, -0.25) is 4.79 Å². The SMILES string of the molecule is COc1ccc(CNC(=O)N2CCc3nc(NC(=O)C4CCC4)sc3C2)cc1. The molecule has 1 aromatic carbocycles. The first-order valence-electron chi connectivity index (χ1n) is 9.57. The largest absolute Gasteiger partial charge is 0.497 e. The lowest BCUT2D eigenvalue weighted by molar-refractivity contribution is -0.122. The Morgan fingerprint density at radius 3 is 2.75 bits per heavy atom. The maximum absolute atomic E-state index is 12.5. The number of urea groups is 1. The summed E-state index contributed by atoms with van der Waals surface area (Å²) in [7, 11) is 1.63. The molecule has 28 heavy (non-hydrogen) atoms. The third kappa shape index (κ3) is 4.11. The molecule has 0 spiro atoms. The van der Waals surface area contributed by atoms with Crippen molar-refractivity contribution in [3.63, 3.8) is 0 Å². The number of aromatic nitrogens is 1. The van der Waals surface area contributed by atoms with Gasteiger partial charge in [0.05, 0.1) is 19.3 Å². The van der Waals surface area contributed by atoms with Gasteiger partial charge in [0.25, 0.3) is 0 Å². The van der Waals surface area contributed by atoms with Gasteiger partial charge in [0.1, 0.15) is 5.75 Å². The maximum Gasteiger partial charge on any atom is 0.318 e. The first-order chi connectivity index (χ1) is 13.6. The molecule has 0 bridgehead atoms. The van der Waals surface area contributed by atoms with E-state index < -0.39 is 0 Å². The zero-order valence-corrected chi connectivity index (χ0v) is 16.7. The molecular weight excluding hydrogens is 376 g/mol. The van der Waals surface area contributed by atoms with E-state index in [-0.39, 0.29) is 17.9 Å². The lowest BCUT2D eigenvalue weighted by atomic mass is 9.85. The van der Waals surface area contributed by atoms with Crippen LogP contribution in [0.2, 0.25) is 0 Å². The second kappa shape index (κ2) is 8.18. The van der Waals surface area contributed by atoms with Gasteiger partial charge in [-0.25, -0.2) is 9.78 Å². The van der Waals surface area contributed by atoms with Crippen LogP contribution < -0.4 is 15.4 Å². The number of thiazole rings is 1. The topological polar surface area (TPSA) is 83.6 Å². The van der Waals surface area contributed by atoms with Gasteiger partial charge in [-0.2, -0.15) is 0 Å². The summed E-state index contributed by atoms with van der Waals surface area (Å²) in [4.78, 5) is 32.0. The summed E-state index contributed by atoms with van der Waals surface area (Å²) in [6.45, 7) is 1.62. The monoisotopic (exact) mass is 400 g/mol. The minimum absolute atomic E-state index is 0.0754. The van der Waals surface area contributed by atoms with E-state index in [0.29, 0.717) is 31.2 Å². The second-order valence-corrected chi connectivity index (χ2v) is 8.27. The van der Waals surface area contributed by atoms with E-state index in [4.69, 9.17) is 4.74 Å². The highest BCUT2D eigenvalue weighted by Gasteiger charge is 2.28. The summed E-state index contributed by atoms with van der Waals surface area (Å²) in [5.74, 6) is 1.01. The molecule has 2 aliphatic rings. The first kappa shape index (κ1) is 18.7. The molecule has 2 N–H and O–H groups in total. The number of methoxy groups -OCH3 is 1. The van der Waals surface area contributed by atoms with Crippen molar-refractivity contribution >= 4 is 28.4 Å². The Hall–Kier alpha value is -2.61. The number of anilines is 1. The van der Waals surface area contributed by atoms with Crippen molar-refractivity contribution in [1.29, 1.82) is 0 Å². The first-order valence-corrected chi connectivity index (χ1v) is 10.4. The number of fused-ring (bicyclic) bond motifs is 1. The molecule has 1 aromatic heterocycles. The molecule has 0 unspecified atom stereocenters. The van der Waals surface area contributed by atoms with Crippen LogP contribution in [0.25, 0.3) is 0 Å². The quantitative estimate of drug-likeness (QED) is 0.808. The van der Waals surface area contributed by atoms with Gasteiger partial charge in [-0.05, 0) is 30.5 Å². The van der Waals surface area contributed by atoms with Crippen LogP contribution in [0.4, 0.5) is 9.93 Å². The lowest BCUT2D eigenvalue weighted by Gasteiger charge is -2.26. The number of hydrogen-bond donors (Lipinski definition) is 2. The maximum atomic E-state index is 12.5. The number of nitrogens with zero attached hydrogens (tertiary/aromatic N) is 2. The van der Waals surface area contributed by atoms with Crippen molar-refractivity contribution in [2.45, 2.75) is 38.8 Å². The lowest BCUT2D eigenvalue weighted by Crippen LogP contribution is -2.42. The number of amides is 3. The molecule has 0 atom stereocenters. The smallest absolute Gasteiger partial charge is 0.318 e. The van der Waals surface area contributed by atoms with Gasteiger partial charge in [-0.1, -0.05) is 29.9 Å². The number of carbonyl (C=O) groups excluding carboxylic acids is 2. The van der Waals surface area contributed by atoms with Crippen molar-refractivity contribution in [2.75, 3.05) is 19.0 Å². The molecular formula is C20H24N4O3S. The Labute approximate surface area is 168 Å². The number of hydrogen-bond acceptors (Lipinski definition) is 5. The number of benzene rings is 1. The normalized spacial score (nSPS) is 16.1. The van der Waals surface area contributed by atoms with Crippen molar-refractivity contribution < 1.29 is 14.3 Å². The summed E-state index contributed by atoms with van der Waals surface area (Å²) in [5.41, 5.74) is 2.01. The second-order valence-electron chi connectivity index (χ2n) is 7.18. The van der Waals surface area contributed by atoms with E-state index in [0.717, 1.165) is 41.1 Å². The van der Waals surface area contributed by atoms with Gasteiger partial charge in [0.15, 0.2) is 5.13 Å². The fourth-order valence-electron chi connectivity index (χ4n) is 3.33. The van der Waals surface area contributed by atoms with Crippen LogP contribution in [-0.2, 0) is 24.3 Å².